The van der Waals surface area contributed by atoms with Crippen LogP contribution in [0.2, 0.25) is 0 Å². The average Bonchev–Trinajstić information content (AvgIpc) is 2.96. The van der Waals surface area contributed by atoms with E-state index in [9.17, 15) is 4.39 Å². The van der Waals surface area contributed by atoms with Gasteiger partial charge in [0, 0.05) is 18.2 Å². The van der Waals surface area contributed by atoms with Crippen molar-refractivity contribution in [2.75, 3.05) is 19.6 Å². The highest BCUT2D eigenvalue weighted by atomic mass is 19.1. The maximum absolute atomic E-state index is 13.6. The Morgan fingerprint density at radius 3 is 2.63 bits per heavy atom. The molecular weight excluding hydrogens is 239 g/mol. The van der Waals surface area contributed by atoms with Crippen LogP contribution in [0.1, 0.15) is 31.2 Å². The van der Waals surface area contributed by atoms with E-state index in [2.05, 4.69) is 10.2 Å². The van der Waals surface area contributed by atoms with Crippen molar-refractivity contribution in [1.82, 2.24) is 10.2 Å². The largest absolute Gasteiger partial charge is 0.314 e. The Hall–Kier alpha value is -0.930. The second-order valence-corrected chi connectivity index (χ2v) is 5.91. The van der Waals surface area contributed by atoms with E-state index in [-0.39, 0.29) is 5.82 Å². The molecule has 19 heavy (non-hydrogen) atoms. The molecule has 0 amide bonds. The van der Waals surface area contributed by atoms with Crippen LogP contribution in [0.5, 0.6) is 0 Å². The van der Waals surface area contributed by atoms with Crippen molar-refractivity contribution >= 4 is 0 Å². The first-order valence-electron chi connectivity index (χ1n) is 7.52. The molecule has 1 aromatic rings. The van der Waals surface area contributed by atoms with Crippen molar-refractivity contribution in [3.05, 3.63) is 35.6 Å². The lowest BCUT2D eigenvalue weighted by Gasteiger charge is -2.35. The van der Waals surface area contributed by atoms with Crippen LogP contribution in [0, 0.1) is 11.7 Å². The molecule has 2 fully saturated rings. The zero-order valence-corrected chi connectivity index (χ0v) is 11.4. The smallest absolute Gasteiger partial charge is 0.127 e. The van der Waals surface area contributed by atoms with Gasteiger partial charge in [-0.2, -0.15) is 0 Å². The number of hydrogen-bond acceptors (Lipinski definition) is 2. The van der Waals surface area contributed by atoms with Gasteiger partial charge in [0.05, 0.1) is 0 Å². The first-order chi connectivity index (χ1) is 9.33. The van der Waals surface area contributed by atoms with E-state index in [0.717, 1.165) is 37.2 Å². The molecule has 2 aliphatic heterocycles. The Kier molecular flexibility index (Phi) is 4.14. The van der Waals surface area contributed by atoms with E-state index in [0.29, 0.717) is 0 Å². The SMILES string of the molecule is Fc1ccccc1CN1CCC(C2CCCN2)CC1. The van der Waals surface area contributed by atoms with Crippen molar-refractivity contribution < 1.29 is 4.39 Å². The van der Waals surface area contributed by atoms with Crippen LogP contribution in [0.15, 0.2) is 24.3 Å². The molecule has 3 heteroatoms. The molecule has 0 spiro atoms. The molecule has 0 bridgehead atoms. The molecule has 2 saturated heterocycles. The highest BCUT2D eigenvalue weighted by Crippen LogP contribution is 2.26. The molecule has 0 radical (unpaired) electrons. The van der Waals surface area contributed by atoms with Gasteiger partial charge in [-0.1, -0.05) is 18.2 Å². The third-order valence-corrected chi connectivity index (χ3v) is 4.65. The highest BCUT2D eigenvalue weighted by Gasteiger charge is 2.28. The van der Waals surface area contributed by atoms with E-state index in [1.807, 2.05) is 12.1 Å². The number of likely N-dealkylation sites (tertiary alicyclic amines) is 1. The van der Waals surface area contributed by atoms with Crippen LogP contribution in [0.25, 0.3) is 0 Å². The fraction of sp³-hybridized carbons (Fsp3) is 0.625. The summed E-state index contributed by atoms with van der Waals surface area (Å²) in [4.78, 5) is 2.39. The molecule has 2 heterocycles. The summed E-state index contributed by atoms with van der Waals surface area (Å²) in [5, 5.41) is 3.62. The van der Waals surface area contributed by atoms with Crippen LogP contribution < -0.4 is 5.32 Å². The lowest BCUT2D eigenvalue weighted by atomic mass is 9.88. The van der Waals surface area contributed by atoms with Gasteiger partial charge in [0.1, 0.15) is 5.82 Å². The molecule has 3 rings (SSSR count). The van der Waals surface area contributed by atoms with E-state index in [1.54, 1.807) is 12.1 Å². The van der Waals surface area contributed by atoms with Gasteiger partial charge in [0.2, 0.25) is 0 Å². The number of hydrogen-bond donors (Lipinski definition) is 1. The summed E-state index contributed by atoms with van der Waals surface area (Å²) in [5.41, 5.74) is 0.833. The third-order valence-electron chi connectivity index (χ3n) is 4.65. The average molecular weight is 262 g/mol. The van der Waals surface area contributed by atoms with Gasteiger partial charge in [0.15, 0.2) is 0 Å². The second-order valence-electron chi connectivity index (χ2n) is 5.91. The van der Waals surface area contributed by atoms with Crippen molar-refractivity contribution in [2.45, 2.75) is 38.3 Å². The minimum absolute atomic E-state index is 0.0675. The second kappa shape index (κ2) is 6.02. The Morgan fingerprint density at radius 1 is 1.16 bits per heavy atom. The number of halogens is 1. The predicted molar refractivity (Wildman–Crippen MR) is 75.4 cm³/mol. The van der Waals surface area contributed by atoms with Gasteiger partial charge in [-0.15, -0.1) is 0 Å². The van der Waals surface area contributed by atoms with E-state index < -0.39 is 0 Å². The number of nitrogens with one attached hydrogen (secondary N) is 1. The van der Waals surface area contributed by atoms with E-state index in [1.165, 1.54) is 32.2 Å². The normalized spacial score (nSPS) is 25.8. The summed E-state index contributed by atoms with van der Waals surface area (Å²) >= 11 is 0. The summed E-state index contributed by atoms with van der Waals surface area (Å²) in [6, 6.07) is 7.89. The monoisotopic (exact) mass is 262 g/mol. The van der Waals surface area contributed by atoms with Gasteiger partial charge in [-0.3, -0.25) is 4.90 Å². The van der Waals surface area contributed by atoms with Crippen LogP contribution in [-0.4, -0.2) is 30.6 Å². The molecule has 1 aromatic carbocycles. The topological polar surface area (TPSA) is 15.3 Å². The Morgan fingerprint density at radius 2 is 1.95 bits per heavy atom. The number of nitrogens with zero attached hydrogens (tertiary/aromatic N) is 1. The summed E-state index contributed by atoms with van der Waals surface area (Å²) in [6.45, 7) is 4.17. The Labute approximate surface area is 115 Å². The molecule has 0 aromatic heterocycles. The minimum atomic E-state index is -0.0675. The lowest BCUT2D eigenvalue weighted by molar-refractivity contribution is 0.156. The van der Waals surface area contributed by atoms with Gasteiger partial charge in [-0.05, 0) is 57.3 Å². The molecule has 1 atom stereocenters. The molecule has 0 aliphatic carbocycles. The fourth-order valence-electron chi connectivity index (χ4n) is 3.49. The lowest BCUT2D eigenvalue weighted by Crippen LogP contribution is -2.40. The van der Waals surface area contributed by atoms with Gasteiger partial charge in [-0.25, -0.2) is 4.39 Å². The van der Waals surface area contributed by atoms with Crippen LogP contribution in [-0.2, 0) is 6.54 Å². The Bertz CT molecular complexity index is 407. The number of rotatable bonds is 3. The van der Waals surface area contributed by atoms with Crippen molar-refractivity contribution in [3.8, 4) is 0 Å². The van der Waals surface area contributed by atoms with Crippen molar-refractivity contribution in [1.29, 1.82) is 0 Å². The predicted octanol–water partition coefficient (Wildman–Crippen LogP) is 2.79. The highest BCUT2D eigenvalue weighted by molar-refractivity contribution is 5.17. The molecule has 1 N–H and O–H groups in total. The molecule has 1 unspecified atom stereocenters. The number of benzene rings is 1. The molecular formula is C16H23FN2. The third kappa shape index (κ3) is 3.15. The van der Waals surface area contributed by atoms with E-state index in [4.69, 9.17) is 0 Å². The molecule has 0 saturated carbocycles. The van der Waals surface area contributed by atoms with Crippen LogP contribution >= 0.6 is 0 Å². The van der Waals surface area contributed by atoms with Gasteiger partial charge in [0.25, 0.3) is 0 Å². The quantitative estimate of drug-likeness (QED) is 0.901. The van der Waals surface area contributed by atoms with Gasteiger partial charge < -0.3 is 5.32 Å². The molecule has 104 valence electrons. The number of piperidine rings is 1. The van der Waals surface area contributed by atoms with Crippen molar-refractivity contribution in [3.63, 3.8) is 0 Å². The zero-order valence-electron chi connectivity index (χ0n) is 11.4. The minimum Gasteiger partial charge on any atom is -0.314 e. The summed E-state index contributed by atoms with van der Waals surface area (Å²) in [7, 11) is 0. The molecule has 2 aliphatic rings. The fourth-order valence-corrected chi connectivity index (χ4v) is 3.49. The Balaban J connectivity index is 1.51. The maximum Gasteiger partial charge on any atom is 0.127 e. The zero-order chi connectivity index (χ0) is 13.1. The standard InChI is InChI=1S/C16H23FN2/c17-15-5-2-1-4-14(15)12-19-10-7-13(8-11-19)16-6-3-9-18-16/h1-2,4-5,13,16,18H,3,6-12H2. The summed E-state index contributed by atoms with van der Waals surface area (Å²) in [6.07, 6.45) is 5.19. The van der Waals surface area contributed by atoms with Crippen molar-refractivity contribution in [2.24, 2.45) is 5.92 Å². The maximum atomic E-state index is 13.6. The first kappa shape index (κ1) is 13.1. The first-order valence-corrected chi connectivity index (χ1v) is 7.52. The van der Waals surface area contributed by atoms with E-state index >= 15 is 0 Å². The van der Waals surface area contributed by atoms with Gasteiger partial charge >= 0.3 is 0 Å². The summed E-state index contributed by atoms with van der Waals surface area (Å²) in [5.74, 6) is 0.765. The van der Waals surface area contributed by atoms with Crippen LogP contribution in [0.4, 0.5) is 4.39 Å². The van der Waals surface area contributed by atoms with Crippen LogP contribution in [0.3, 0.4) is 0 Å². The molecule has 2 nitrogen and oxygen atoms in total. The summed E-state index contributed by atoms with van der Waals surface area (Å²) < 4.78 is 13.6.